The van der Waals surface area contributed by atoms with Crippen molar-refractivity contribution < 1.29 is 9.03 Å². The monoisotopic (exact) mass is 158 g/mol. The maximum Gasteiger partial charge on any atom is 0.0916 e. The summed E-state index contributed by atoms with van der Waals surface area (Å²) in [5.74, 6) is 0.516. The highest BCUT2D eigenvalue weighted by atomic mass is 35.5. The Balaban J connectivity index is 2.53. The molecule has 50 valence electrons. The quantitative estimate of drug-likeness (QED) is 0.446. The van der Waals surface area contributed by atoms with Gasteiger partial charge in [0.1, 0.15) is 0 Å². The van der Waals surface area contributed by atoms with Gasteiger partial charge in [0.05, 0.1) is 31.7 Å². The lowest BCUT2D eigenvalue weighted by Crippen LogP contribution is -2.01. The summed E-state index contributed by atoms with van der Waals surface area (Å²) in [5.41, 5.74) is 0. The number of hydrogen-bond donors (Lipinski definition) is 0. The van der Waals surface area contributed by atoms with E-state index >= 15 is 0 Å². The Bertz CT molecular complexity index is 37.0. The Labute approximate surface area is 58.8 Å². The van der Waals surface area contributed by atoms with Gasteiger partial charge in [-0.15, -0.1) is 11.6 Å². The van der Waals surface area contributed by atoms with E-state index in [0.29, 0.717) is 25.7 Å². The van der Waals surface area contributed by atoms with E-state index in [1.807, 2.05) is 0 Å². The van der Waals surface area contributed by atoms with Gasteiger partial charge in [-0.3, -0.25) is 4.29 Å². The highest BCUT2D eigenvalue weighted by Crippen LogP contribution is 1.82. The maximum absolute atomic E-state index is 5.28. The molecular formula is C4H8Cl2O2. The minimum absolute atomic E-state index is 0.415. The molecule has 0 aliphatic heterocycles. The summed E-state index contributed by atoms with van der Waals surface area (Å²) < 4.78 is 9.07. The minimum atomic E-state index is 0.415. The third-order valence-corrected chi connectivity index (χ3v) is 0.835. The number of halogens is 2. The van der Waals surface area contributed by atoms with Crippen molar-refractivity contribution in [2.24, 2.45) is 0 Å². The van der Waals surface area contributed by atoms with E-state index < -0.39 is 0 Å². The van der Waals surface area contributed by atoms with Crippen LogP contribution in [0.2, 0.25) is 0 Å². The molecule has 0 amide bonds. The molecule has 0 aromatic rings. The van der Waals surface area contributed by atoms with Gasteiger partial charge in [0.2, 0.25) is 0 Å². The van der Waals surface area contributed by atoms with Crippen LogP contribution in [-0.4, -0.2) is 25.7 Å². The number of alkyl halides is 1. The first-order chi connectivity index (χ1) is 3.91. The number of hydrogen-bond acceptors (Lipinski definition) is 2. The van der Waals surface area contributed by atoms with Crippen LogP contribution in [0.4, 0.5) is 0 Å². The van der Waals surface area contributed by atoms with Crippen molar-refractivity contribution in [1.29, 1.82) is 0 Å². The molecule has 0 aliphatic carbocycles. The van der Waals surface area contributed by atoms with Crippen molar-refractivity contribution >= 4 is 23.5 Å². The largest absolute Gasteiger partial charge is 0.378 e. The fourth-order valence-corrected chi connectivity index (χ4v) is 0.419. The van der Waals surface area contributed by atoms with Crippen LogP contribution in [0.15, 0.2) is 0 Å². The summed E-state index contributed by atoms with van der Waals surface area (Å²) in [5, 5.41) is 0. The molecule has 0 fully saturated rings. The van der Waals surface area contributed by atoms with E-state index in [0.717, 1.165) is 0 Å². The molecule has 0 radical (unpaired) electrons. The van der Waals surface area contributed by atoms with E-state index in [2.05, 4.69) is 4.29 Å². The Morgan fingerprint density at radius 3 is 2.38 bits per heavy atom. The fourth-order valence-electron chi connectivity index (χ4n) is 0.247. The van der Waals surface area contributed by atoms with Crippen LogP contribution in [0.3, 0.4) is 0 Å². The third kappa shape index (κ3) is 6.50. The smallest absolute Gasteiger partial charge is 0.0916 e. The van der Waals surface area contributed by atoms with Gasteiger partial charge in [-0.25, -0.2) is 0 Å². The molecule has 0 bridgehead atoms. The highest BCUT2D eigenvalue weighted by Gasteiger charge is 1.83. The van der Waals surface area contributed by atoms with Gasteiger partial charge in [-0.2, -0.15) is 0 Å². The molecule has 0 saturated carbocycles. The molecule has 4 heteroatoms. The van der Waals surface area contributed by atoms with Crippen molar-refractivity contribution in [2.75, 3.05) is 25.7 Å². The van der Waals surface area contributed by atoms with Gasteiger partial charge in [-0.1, -0.05) is 0 Å². The summed E-state index contributed by atoms with van der Waals surface area (Å²) in [6.45, 7) is 1.48. The molecular weight excluding hydrogens is 151 g/mol. The van der Waals surface area contributed by atoms with Crippen LogP contribution in [0.5, 0.6) is 0 Å². The van der Waals surface area contributed by atoms with Crippen molar-refractivity contribution in [2.45, 2.75) is 0 Å². The lowest BCUT2D eigenvalue weighted by molar-refractivity contribution is 0.115. The van der Waals surface area contributed by atoms with Crippen LogP contribution in [0.25, 0.3) is 0 Å². The summed E-state index contributed by atoms with van der Waals surface area (Å²) in [7, 11) is 0. The van der Waals surface area contributed by atoms with E-state index in [9.17, 15) is 0 Å². The SMILES string of the molecule is ClCCOCCOCl. The molecule has 2 nitrogen and oxygen atoms in total. The first-order valence-corrected chi connectivity index (χ1v) is 3.13. The number of rotatable bonds is 5. The van der Waals surface area contributed by atoms with Crippen LogP contribution in [0.1, 0.15) is 0 Å². The molecule has 0 aromatic heterocycles. The molecule has 0 heterocycles. The Kier molecular flexibility index (Phi) is 7.97. The Morgan fingerprint density at radius 1 is 1.12 bits per heavy atom. The van der Waals surface area contributed by atoms with Gasteiger partial charge in [0.25, 0.3) is 0 Å². The lowest BCUT2D eigenvalue weighted by Gasteiger charge is -1.96. The summed E-state index contributed by atoms with van der Waals surface area (Å²) >= 11 is 10.1. The van der Waals surface area contributed by atoms with Crippen LogP contribution >= 0.6 is 23.5 Å². The molecule has 0 rings (SSSR count). The molecule has 8 heavy (non-hydrogen) atoms. The maximum atomic E-state index is 5.28. The second-order valence-corrected chi connectivity index (χ2v) is 1.71. The second-order valence-electron chi connectivity index (χ2n) is 1.11. The standard InChI is InChI=1S/C4H8Cl2O2/c5-1-2-7-3-4-8-6/h1-4H2. The molecule has 0 unspecified atom stereocenters. The van der Waals surface area contributed by atoms with Crippen molar-refractivity contribution in [3.63, 3.8) is 0 Å². The minimum Gasteiger partial charge on any atom is -0.378 e. The van der Waals surface area contributed by atoms with Crippen molar-refractivity contribution in [3.8, 4) is 0 Å². The Hall–Kier alpha value is 0.500. The van der Waals surface area contributed by atoms with Gasteiger partial charge in [0.15, 0.2) is 0 Å². The zero-order valence-corrected chi connectivity index (χ0v) is 5.91. The summed E-state index contributed by atoms with van der Waals surface area (Å²) in [4.78, 5) is 0. The third-order valence-electron chi connectivity index (χ3n) is 0.526. The van der Waals surface area contributed by atoms with Gasteiger partial charge in [0, 0.05) is 5.88 Å². The van der Waals surface area contributed by atoms with E-state index in [4.69, 9.17) is 28.2 Å². The fraction of sp³-hybridized carbons (Fsp3) is 1.00. The topological polar surface area (TPSA) is 18.5 Å². The molecule has 0 spiro atoms. The molecule has 0 aliphatic rings. The van der Waals surface area contributed by atoms with E-state index in [-0.39, 0.29) is 0 Å². The van der Waals surface area contributed by atoms with Crippen LogP contribution in [0, 0.1) is 0 Å². The summed E-state index contributed by atoms with van der Waals surface area (Å²) in [6.07, 6.45) is 0. The van der Waals surface area contributed by atoms with Gasteiger partial charge < -0.3 is 4.74 Å². The lowest BCUT2D eigenvalue weighted by atomic mass is 10.7. The van der Waals surface area contributed by atoms with Crippen LogP contribution in [-0.2, 0) is 9.03 Å². The normalized spacial score (nSPS) is 9.75. The average Bonchev–Trinajstić information content (AvgIpc) is 1.81. The van der Waals surface area contributed by atoms with Crippen LogP contribution < -0.4 is 0 Å². The predicted molar refractivity (Wildman–Crippen MR) is 33.3 cm³/mol. The first kappa shape index (κ1) is 8.50. The first-order valence-electron chi connectivity index (χ1n) is 2.29. The number of ether oxygens (including phenoxy) is 1. The average molecular weight is 159 g/mol. The highest BCUT2D eigenvalue weighted by molar-refractivity contribution is 6.17. The molecule has 0 saturated heterocycles. The van der Waals surface area contributed by atoms with Gasteiger partial charge in [-0.05, 0) is 0 Å². The zero-order valence-electron chi connectivity index (χ0n) is 4.40. The molecule has 0 atom stereocenters. The van der Waals surface area contributed by atoms with E-state index in [1.165, 1.54) is 0 Å². The van der Waals surface area contributed by atoms with Gasteiger partial charge >= 0.3 is 0 Å². The summed E-state index contributed by atoms with van der Waals surface area (Å²) in [6, 6.07) is 0. The zero-order chi connectivity index (χ0) is 6.24. The van der Waals surface area contributed by atoms with Crippen molar-refractivity contribution in [3.05, 3.63) is 0 Å². The predicted octanol–water partition coefficient (Wildman–Crippen LogP) is 1.41. The molecule has 0 N–H and O–H groups in total. The Morgan fingerprint density at radius 2 is 1.88 bits per heavy atom. The van der Waals surface area contributed by atoms with E-state index in [1.54, 1.807) is 0 Å². The molecule has 0 aromatic carbocycles. The second kappa shape index (κ2) is 7.50. The van der Waals surface area contributed by atoms with Crippen molar-refractivity contribution in [1.82, 2.24) is 0 Å².